The molecule has 1 amide bonds. The summed E-state index contributed by atoms with van der Waals surface area (Å²) in [4.78, 5) is 23.3. The van der Waals surface area contributed by atoms with E-state index in [0.717, 1.165) is 6.42 Å². The van der Waals surface area contributed by atoms with Crippen LogP contribution in [0.2, 0.25) is 0 Å². The molecule has 0 saturated carbocycles. The van der Waals surface area contributed by atoms with E-state index in [9.17, 15) is 9.59 Å². The van der Waals surface area contributed by atoms with Gasteiger partial charge < -0.3 is 14.8 Å². The Hall–Kier alpha value is -1.61. The number of hydrogen-bond acceptors (Lipinski definition) is 5. The topological polar surface area (TPSA) is 88.4 Å². The van der Waals surface area contributed by atoms with Crippen LogP contribution in [-0.2, 0) is 19.1 Å². The molecule has 0 spiro atoms. The summed E-state index contributed by atoms with van der Waals surface area (Å²) in [5.41, 5.74) is 0. The molecule has 1 aliphatic heterocycles. The molecule has 6 nitrogen and oxygen atoms in total. The Labute approximate surface area is 106 Å². The molecule has 0 bridgehead atoms. The lowest BCUT2D eigenvalue weighted by Crippen LogP contribution is -2.45. The van der Waals surface area contributed by atoms with Gasteiger partial charge in [-0.15, -0.1) is 0 Å². The smallest absolute Gasteiger partial charge is 0.328 e. The Morgan fingerprint density at radius 3 is 2.94 bits per heavy atom. The van der Waals surface area contributed by atoms with Crippen LogP contribution in [0.3, 0.4) is 0 Å². The summed E-state index contributed by atoms with van der Waals surface area (Å²) < 4.78 is 9.87. The summed E-state index contributed by atoms with van der Waals surface area (Å²) in [6, 6.07) is 1.30. The molecule has 1 fully saturated rings. The average molecular weight is 254 g/mol. The number of rotatable bonds is 6. The van der Waals surface area contributed by atoms with Gasteiger partial charge in [0, 0.05) is 13.0 Å². The minimum Gasteiger partial charge on any atom is -0.467 e. The Balaban J connectivity index is 2.46. The normalized spacial score (nSPS) is 19.9. The Morgan fingerprint density at radius 1 is 1.61 bits per heavy atom. The zero-order chi connectivity index (χ0) is 13.4. The number of nitrogens with one attached hydrogen (secondary N) is 1. The van der Waals surface area contributed by atoms with E-state index in [4.69, 9.17) is 10.00 Å². The molecule has 0 aromatic heterocycles. The van der Waals surface area contributed by atoms with Gasteiger partial charge in [0.1, 0.15) is 12.1 Å². The molecule has 0 radical (unpaired) electrons. The molecule has 0 unspecified atom stereocenters. The first kappa shape index (κ1) is 14.5. The SMILES string of the molecule is COC(=O)[C@H](CCCC#N)NC(=O)[C@H]1CCCO1. The van der Waals surface area contributed by atoms with Crippen LogP contribution in [0.25, 0.3) is 0 Å². The molecule has 6 heteroatoms. The van der Waals surface area contributed by atoms with Crippen LogP contribution in [-0.4, -0.2) is 37.7 Å². The first-order valence-corrected chi connectivity index (χ1v) is 6.05. The fraction of sp³-hybridized carbons (Fsp3) is 0.750. The number of esters is 1. The summed E-state index contributed by atoms with van der Waals surface area (Å²) in [7, 11) is 1.28. The number of carbonyl (C=O) groups is 2. The van der Waals surface area contributed by atoms with Gasteiger partial charge in [-0.1, -0.05) is 0 Å². The zero-order valence-electron chi connectivity index (χ0n) is 10.5. The van der Waals surface area contributed by atoms with Crippen molar-refractivity contribution in [2.24, 2.45) is 0 Å². The number of nitriles is 1. The second-order valence-corrected chi connectivity index (χ2v) is 4.14. The third kappa shape index (κ3) is 4.34. The largest absolute Gasteiger partial charge is 0.467 e. The fourth-order valence-corrected chi connectivity index (χ4v) is 1.83. The molecule has 1 N–H and O–H groups in total. The summed E-state index contributed by atoms with van der Waals surface area (Å²) in [5.74, 6) is -0.765. The van der Waals surface area contributed by atoms with E-state index in [-0.39, 0.29) is 5.91 Å². The van der Waals surface area contributed by atoms with Crippen molar-refractivity contribution >= 4 is 11.9 Å². The molecule has 0 aromatic carbocycles. The first-order valence-electron chi connectivity index (χ1n) is 6.05. The van der Waals surface area contributed by atoms with Gasteiger partial charge >= 0.3 is 5.97 Å². The molecular formula is C12H18N2O4. The number of amides is 1. The minimum absolute atomic E-state index is 0.278. The third-order valence-corrected chi connectivity index (χ3v) is 2.81. The fourth-order valence-electron chi connectivity index (χ4n) is 1.83. The van der Waals surface area contributed by atoms with Crippen LogP contribution >= 0.6 is 0 Å². The molecule has 18 heavy (non-hydrogen) atoms. The van der Waals surface area contributed by atoms with Crippen molar-refractivity contribution in [1.29, 1.82) is 5.26 Å². The lowest BCUT2D eigenvalue weighted by Gasteiger charge is -2.18. The number of nitrogens with zero attached hydrogens (tertiary/aromatic N) is 1. The molecule has 100 valence electrons. The molecule has 1 heterocycles. The van der Waals surface area contributed by atoms with E-state index in [1.807, 2.05) is 6.07 Å². The van der Waals surface area contributed by atoms with Gasteiger partial charge in [-0.05, 0) is 25.7 Å². The highest BCUT2D eigenvalue weighted by atomic mass is 16.5. The average Bonchev–Trinajstić information content (AvgIpc) is 2.90. The second kappa shape index (κ2) is 7.67. The minimum atomic E-state index is -0.694. The summed E-state index contributed by atoms with van der Waals surface area (Å²) >= 11 is 0. The van der Waals surface area contributed by atoms with E-state index < -0.39 is 18.1 Å². The van der Waals surface area contributed by atoms with Crippen molar-refractivity contribution in [3.05, 3.63) is 0 Å². The molecule has 0 aliphatic carbocycles. The van der Waals surface area contributed by atoms with Gasteiger partial charge in [-0.25, -0.2) is 4.79 Å². The number of hydrogen-bond donors (Lipinski definition) is 1. The molecule has 1 aliphatic rings. The molecule has 1 saturated heterocycles. The van der Waals surface area contributed by atoms with E-state index >= 15 is 0 Å². The van der Waals surface area contributed by atoms with Gasteiger partial charge in [0.05, 0.1) is 13.2 Å². The maximum atomic E-state index is 11.8. The number of methoxy groups -OCH3 is 1. The number of ether oxygens (including phenoxy) is 2. The van der Waals surface area contributed by atoms with Gasteiger partial charge in [-0.3, -0.25) is 4.79 Å². The highest BCUT2D eigenvalue weighted by molar-refractivity contribution is 5.87. The Kier molecular flexibility index (Phi) is 6.15. The zero-order valence-corrected chi connectivity index (χ0v) is 10.5. The van der Waals surface area contributed by atoms with Crippen molar-refractivity contribution in [1.82, 2.24) is 5.32 Å². The summed E-state index contributed by atoms with van der Waals surface area (Å²) in [6.07, 6.45) is 2.37. The van der Waals surface area contributed by atoms with Crippen LogP contribution in [0.15, 0.2) is 0 Å². The van der Waals surface area contributed by atoms with Crippen LogP contribution in [0.1, 0.15) is 32.1 Å². The summed E-state index contributed by atoms with van der Waals surface area (Å²) in [6.45, 7) is 0.579. The Bertz CT molecular complexity index is 331. The molecule has 0 aromatic rings. The van der Waals surface area contributed by atoms with Crippen molar-refractivity contribution in [3.63, 3.8) is 0 Å². The third-order valence-electron chi connectivity index (χ3n) is 2.81. The molecule has 2 atom stereocenters. The predicted molar refractivity (Wildman–Crippen MR) is 62.4 cm³/mol. The summed E-state index contributed by atoms with van der Waals surface area (Å²) in [5, 5.41) is 11.1. The lowest BCUT2D eigenvalue weighted by molar-refractivity contribution is -0.146. The monoisotopic (exact) mass is 254 g/mol. The second-order valence-electron chi connectivity index (χ2n) is 4.14. The van der Waals surface area contributed by atoms with Crippen molar-refractivity contribution < 1.29 is 19.1 Å². The maximum Gasteiger partial charge on any atom is 0.328 e. The van der Waals surface area contributed by atoms with Gasteiger partial charge in [0.15, 0.2) is 0 Å². The van der Waals surface area contributed by atoms with Crippen molar-refractivity contribution in [3.8, 4) is 6.07 Å². The standard InChI is InChI=1S/C12H18N2O4/c1-17-12(16)9(5-2-3-7-13)14-11(15)10-6-4-8-18-10/h9-10H,2-6,8H2,1H3,(H,14,15)/t9-,10+/m0/s1. The highest BCUT2D eigenvalue weighted by Gasteiger charge is 2.28. The van der Waals surface area contributed by atoms with E-state index in [1.165, 1.54) is 7.11 Å². The Morgan fingerprint density at radius 2 is 2.39 bits per heavy atom. The van der Waals surface area contributed by atoms with Crippen LogP contribution < -0.4 is 5.32 Å². The maximum absolute atomic E-state index is 11.8. The lowest BCUT2D eigenvalue weighted by atomic mass is 10.1. The first-order chi connectivity index (χ1) is 8.69. The van der Waals surface area contributed by atoms with E-state index in [0.29, 0.717) is 32.3 Å². The van der Waals surface area contributed by atoms with Crippen LogP contribution in [0.5, 0.6) is 0 Å². The van der Waals surface area contributed by atoms with E-state index in [2.05, 4.69) is 10.1 Å². The van der Waals surface area contributed by atoms with Gasteiger partial charge in [0.2, 0.25) is 5.91 Å². The van der Waals surface area contributed by atoms with Gasteiger partial charge in [0.25, 0.3) is 0 Å². The molecular weight excluding hydrogens is 236 g/mol. The van der Waals surface area contributed by atoms with Crippen LogP contribution in [0.4, 0.5) is 0 Å². The quantitative estimate of drug-likeness (QED) is 0.551. The van der Waals surface area contributed by atoms with Crippen molar-refractivity contribution in [2.45, 2.75) is 44.2 Å². The molecule has 1 rings (SSSR count). The van der Waals surface area contributed by atoms with Gasteiger partial charge in [-0.2, -0.15) is 5.26 Å². The van der Waals surface area contributed by atoms with Crippen LogP contribution in [0, 0.1) is 11.3 Å². The number of carbonyl (C=O) groups excluding carboxylic acids is 2. The van der Waals surface area contributed by atoms with E-state index in [1.54, 1.807) is 0 Å². The predicted octanol–water partition coefficient (Wildman–Crippen LogP) is 0.517. The van der Waals surface area contributed by atoms with Crippen molar-refractivity contribution in [2.75, 3.05) is 13.7 Å². The number of unbranched alkanes of at least 4 members (excludes halogenated alkanes) is 1. The highest BCUT2D eigenvalue weighted by Crippen LogP contribution is 2.13.